The van der Waals surface area contributed by atoms with E-state index in [1.165, 1.54) is 0 Å². The Morgan fingerprint density at radius 2 is 1.67 bits per heavy atom. The van der Waals surface area contributed by atoms with Crippen LogP contribution in [0, 0.1) is 0 Å². The van der Waals surface area contributed by atoms with Crippen LogP contribution in [-0.2, 0) is 9.53 Å². The summed E-state index contributed by atoms with van der Waals surface area (Å²) in [6, 6.07) is 21.6. The number of piperidine rings is 1. The molecule has 2 aliphatic heterocycles. The maximum atomic E-state index is 10.9. The van der Waals surface area contributed by atoms with Gasteiger partial charge in [0.1, 0.15) is 23.9 Å². The molecule has 2 aliphatic rings. The van der Waals surface area contributed by atoms with Crippen LogP contribution in [0.3, 0.4) is 0 Å². The molecule has 0 amide bonds. The molecule has 8 nitrogen and oxygen atoms in total. The standard InChI is InChI=1S/C32H33BrN2O6S/c33-22-3-1-21(2-4-22)32-31(28-10-5-24(36)17-29(28)42-32)41-26-8-6-25(7-9-26)39-15-16-40-27-18-35(19-27)23-11-13-34(14-12-23)20-30(37)38/h1-10,17,23,27,36H,11-16,18-20H2,(H,37,38). The average molecular weight is 654 g/mol. The van der Waals surface area contributed by atoms with Gasteiger partial charge in [0.05, 0.1) is 24.1 Å². The smallest absolute Gasteiger partial charge is 0.317 e. The molecule has 0 aliphatic carbocycles. The predicted octanol–water partition coefficient (Wildman–Crippen LogP) is 6.46. The van der Waals surface area contributed by atoms with Crippen LogP contribution in [0.2, 0.25) is 0 Å². The number of hydrogen-bond acceptors (Lipinski definition) is 8. The molecule has 0 spiro atoms. The van der Waals surface area contributed by atoms with Crippen LogP contribution in [0.25, 0.3) is 20.5 Å². The number of benzene rings is 3. The van der Waals surface area contributed by atoms with Gasteiger partial charge in [-0.15, -0.1) is 11.3 Å². The fraction of sp³-hybridized carbons (Fsp3) is 0.344. The fourth-order valence-electron chi connectivity index (χ4n) is 5.56. The molecule has 2 N–H and O–H groups in total. The highest BCUT2D eigenvalue weighted by Gasteiger charge is 2.34. The summed E-state index contributed by atoms with van der Waals surface area (Å²) in [7, 11) is 0. The van der Waals surface area contributed by atoms with Crippen molar-refractivity contribution in [2.75, 3.05) is 45.9 Å². The van der Waals surface area contributed by atoms with Crippen molar-refractivity contribution < 1.29 is 29.2 Å². The molecule has 0 atom stereocenters. The molecule has 2 saturated heterocycles. The number of carboxylic acid groups (broad SMARTS) is 1. The summed E-state index contributed by atoms with van der Waals surface area (Å²) in [6.07, 6.45) is 2.25. The lowest BCUT2D eigenvalue weighted by atomic mass is 9.98. The zero-order valence-corrected chi connectivity index (χ0v) is 25.5. The van der Waals surface area contributed by atoms with E-state index in [-0.39, 0.29) is 18.4 Å². The molecule has 4 aromatic rings. The monoisotopic (exact) mass is 652 g/mol. The topological polar surface area (TPSA) is 91.7 Å². The summed E-state index contributed by atoms with van der Waals surface area (Å²) in [5, 5.41) is 19.9. The second kappa shape index (κ2) is 13.0. The van der Waals surface area contributed by atoms with Gasteiger partial charge in [0.25, 0.3) is 0 Å². The molecule has 42 heavy (non-hydrogen) atoms. The van der Waals surface area contributed by atoms with E-state index in [2.05, 4.69) is 33.0 Å². The maximum Gasteiger partial charge on any atom is 0.317 e. The van der Waals surface area contributed by atoms with Crippen molar-refractivity contribution in [3.63, 3.8) is 0 Å². The number of aromatic hydroxyl groups is 1. The molecule has 0 unspecified atom stereocenters. The number of fused-ring (bicyclic) bond motifs is 1. The van der Waals surface area contributed by atoms with Gasteiger partial charge in [-0.25, -0.2) is 0 Å². The zero-order valence-electron chi connectivity index (χ0n) is 23.1. The third kappa shape index (κ3) is 6.90. The van der Waals surface area contributed by atoms with Crippen LogP contribution in [0.4, 0.5) is 0 Å². The number of likely N-dealkylation sites (tertiary alicyclic amines) is 2. The Balaban J connectivity index is 0.977. The normalized spacial score (nSPS) is 16.9. The van der Waals surface area contributed by atoms with E-state index in [0.29, 0.717) is 25.0 Å². The minimum atomic E-state index is -0.752. The van der Waals surface area contributed by atoms with Crippen LogP contribution in [0.5, 0.6) is 23.0 Å². The summed E-state index contributed by atoms with van der Waals surface area (Å²) >= 11 is 5.09. The average Bonchev–Trinajstić information content (AvgIpc) is 3.30. The summed E-state index contributed by atoms with van der Waals surface area (Å²) in [4.78, 5) is 16.4. The van der Waals surface area contributed by atoms with Crippen LogP contribution in [-0.4, -0.2) is 84.1 Å². The van der Waals surface area contributed by atoms with Crippen LogP contribution in [0.1, 0.15) is 12.8 Å². The lowest BCUT2D eigenvalue weighted by molar-refractivity contribution is -0.139. The van der Waals surface area contributed by atoms with Crippen molar-refractivity contribution in [2.24, 2.45) is 0 Å². The molecule has 1 aromatic heterocycles. The lowest BCUT2D eigenvalue weighted by Crippen LogP contribution is -2.59. The number of rotatable bonds is 11. The summed E-state index contributed by atoms with van der Waals surface area (Å²) in [6.45, 7) is 4.67. The number of carbonyl (C=O) groups is 1. The van der Waals surface area contributed by atoms with E-state index >= 15 is 0 Å². The quantitative estimate of drug-likeness (QED) is 0.179. The number of ether oxygens (including phenoxy) is 3. The van der Waals surface area contributed by atoms with Crippen LogP contribution >= 0.6 is 27.3 Å². The number of phenolic OH excluding ortho intramolecular Hbond substituents is 1. The van der Waals surface area contributed by atoms with Gasteiger partial charge in [-0.1, -0.05) is 28.1 Å². The van der Waals surface area contributed by atoms with E-state index in [1.54, 1.807) is 23.5 Å². The highest BCUT2D eigenvalue weighted by Crippen LogP contribution is 2.47. The molecule has 0 bridgehead atoms. The van der Waals surface area contributed by atoms with Crippen molar-refractivity contribution in [3.8, 4) is 33.4 Å². The van der Waals surface area contributed by atoms with Crippen molar-refractivity contribution in [1.82, 2.24) is 9.80 Å². The molecule has 6 rings (SSSR count). The fourth-order valence-corrected chi connectivity index (χ4v) is 6.99. The summed E-state index contributed by atoms with van der Waals surface area (Å²) in [5.41, 5.74) is 1.05. The highest BCUT2D eigenvalue weighted by molar-refractivity contribution is 9.10. The number of carboxylic acids is 1. The second-order valence-electron chi connectivity index (χ2n) is 10.7. The van der Waals surface area contributed by atoms with E-state index in [4.69, 9.17) is 19.3 Å². The highest BCUT2D eigenvalue weighted by atomic mass is 79.9. The van der Waals surface area contributed by atoms with E-state index < -0.39 is 5.97 Å². The van der Waals surface area contributed by atoms with Gasteiger partial charge in [-0.2, -0.15) is 0 Å². The molecule has 0 saturated carbocycles. The number of nitrogens with zero attached hydrogens (tertiary/aromatic N) is 2. The third-order valence-electron chi connectivity index (χ3n) is 7.79. The Morgan fingerprint density at radius 3 is 2.38 bits per heavy atom. The maximum absolute atomic E-state index is 10.9. The van der Waals surface area contributed by atoms with E-state index in [1.807, 2.05) is 47.4 Å². The Hall–Kier alpha value is -3.15. The van der Waals surface area contributed by atoms with Crippen molar-refractivity contribution in [1.29, 1.82) is 0 Å². The van der Waals surface area contributed by atoms with Gasteiger partial charge in [0.2, 0.25) is 0 Å². The largest absolute Gasteiger partial charge is 0.508 e. The number of thiophene rings is 1. The van der Waals surface area contributed by atoms with Crippen LogP contribution < -0.4 is 9.47 Å². The zero-order chi connectivity index (χ0) is 29.1. The first-order valence-corrected chi connectivity index (χ1v) is 15.7. The van der Waals surface area contributed by atoms with Crippen molar-refractivity contribution in [3.05, 3.63) is 71.2 Å². The van der Waals surface area contributed by atoms with Gasteiger partial charge in [-0.05, 0) is 73.0 Å². The van der Waals surface area contributed by atoms with Crippen molar-refractivity contribution in [2.45, 2.75) is 25.0 Å². The molecular formula is C32H33BrN2O6S. The molecule has 2 fully saturated rings. The first-order valence-electron chi connectivity index (χ1n) is 14.1. The Labute approximate surface area is 257 Å². The Bertz CT molecular complexity index is 1510. The van der Waals surface area contributed by atoms with Crippen molar-refractivity contribution >= 4 is 43.3 Å². The second-order valence-corrected chi connectivity index (χ2v) is 12.7. The molecule has 3 aromatic carbocycles. The SMILES string of the molecule is O=C(O)CN1CCC(N2CC(OCCOc3ccc(Oc4c(-c5ccc(Br)cc5)sc5cc(O)ccc45)cc3)C2)CC1. The van der Waals surface area contributed by atoms with Crippen LogP contribution in [0.15, 0.2) is 71.2 Å². The molecule has 3 heterocycles. The lowest BCUT2D eigenvalue weighted by Gasteiger charge is -2.46. The van der Waals surface area contributed by atoms with E-state index in [9.17, 15) is 9.90 Å². The number of aliphatic carboxylic acids is 1. The summed E-state index contributed by atoms with van der Waals surface area (Å²) in [5.74, 6) is 1.70. The first kappa shape index (κ1) is 28.9. The Morgan fingerprint density at radius 1 is 0.952 bits per heavy atom. The number of hydrogen-bond donors (Lipinski definition) is 2. The Kier molecular flexibility index (Phi) is 8.97. The van der Waals surface area contributed by atoms with Gasteiger partial charge in [0.15, 0.2) is 5.75 Å². The summed E-state index contributed by atoms with van der Waals surface area (Å²) < 4.78 is 20.3. The molecule has 10 heteroatoms. The molecular weight excluding hydrogens is 620 g/mol. The number of phenols is 1. The first-order chi connectivity index (χ1) is 20.4. The predicted molar refractivity (Wildman–Crippen MR) is 167 cm³/mol. The van der Waals surface area contributed by atoms with Gasteiger partial charge in [0, 0.05) is 46.8 Å². The third-order valence-corrected chi connectivity index (χ3v) is 9.50. The number of halogens is 1. The van der Waals surface area contributed by atoms with E-state index in [0.717, 1.165) is 75.5 Å². The van der Waals surface area contributed by atoms with Gasteiger partial charge in [-0.3, -0.25) is 14.6 Å². The molecule has 220 valence electrons. The van der Waals surface area contributed by atoms with Gasteiger partial charge < -0.3 is 24.4 Å². The minimum absolute atomic E-state index is 0.139. The van der Waals surface area contributed by atoms with Gasteiger partial charge >= 0.3 is 5.97 Å². The molecule has 0 radical (unpaired) electrons. The minimum Gasteiger partial charge on any atom is -0.508 e.